The maximum atomic E-state index is 11.9. The van der Waals surface area contributed by atoms with Gasteiger partial charge < -0.3 is 5.32 Å². The van der Waals surface area contributed by atoms with Crippen molar-refractivity contribution >= 4 is 29.5 Å². The molecule has 0 radical (unpaired) electrons. The van der Waals surface area contributed by atoms with Gasteiger partial charge in [-0.25, -0.2) is 0 Å². The minimum atomic E-state index is -0.195. The van der Waals surface area contributed by atoms with Crippen molar-refractivity contribution in [1.82, 2.24) is 10.2 Å². The third kappa shape index (κ3) is 5.15. The maximum Gasteiger partial charge on any atom is 0.242 e. The summed E-state index contributed by atoms with van der Waals surface area (Å²) in [5.41, 5.74) is 0. The standard InChI is InChI=1S/C14H24N2O3S/c1-10(2)15-12(17)7-5-4-6-8-16-13(18)9-11(20-3)14(16)19/h10-11H,4-9H2,1-3H3,(H,15,17). The van der Waals surface area contributed by atoms with Gasteiger partial charge in [-0.3, -0.25) is 19.3 Å². The molecule has 0 bridgehead atoms. The SMILES string of the molecule is CSC1CC(=O)N(CCCCCC(=O)NC(C)C)C1=O. The summed E-state index contributed by atoms with van der Waals surface area (Å²) in [5.74, 6) is -0.0530. The largest absolute Gasteiger partial charge is 0.354 e. The molecule has 1 heterocycles. The average molecular weight is 300 g/mol. The Labute approximate surface area is 124 Å². The average Bonchev–Trinajstić information content (AvgIpc) is 2.64. The summed E-state index contributed by atoms with van der Waals surface area (Å²) in [4.78, 5) is 36.3. The summed E-state index contributed by atoms with van der Waals surface area (Å²) in [7, 11) is 0. The number of hydrogen-bond acceptors (Lipinski definition) is 4. The Balaban J connectivity index is 2.17. The lowest BCUT2D eigenvalue weighted by molar-refractivity contribution is -0.138. The van der Waals surface area contributed by atoms with Gasteiger partial charge in [0.25, 0.3) is 0 Å². The molecule has 1 rings (SSSR count). The van der Waals surface area contributed by atoms with E-state index in [9.17, 15) is 14.4 Å². The van der Waals surface area contributed by atoms with Crippen LogP contribution in [-0.4, -0.2) is 46.7 Å². The number of unbranched alkanes of at least 4 members (excludes halogenated alkanes) is 2. The zero-order valence-electron chi connectivity index (χ0n) is 12.5. The van der Waals surface area contributed by atoms with E-state index in [1.807, 2.05) is 20.1 Å². The first-order valence-electron chi connectivity index (χ1n) is 7.12. The van der Waals surface area contributed by atoms with Crippen molar-refractivity contribution < 1.29 is 14.4 Å². The first-order chi connectivity index (χ1) is 9.45. The molecule has 1 unspecified atom stereocenters. The van der Waals surface area contributed by atoms with E-state index in [1.165, 1.54) is 16.7 Å². The van der Waals surface area contributed by atoms with Gasteiger partial charge in [0.1, 0.15) is 0 Å². The third-order valence-corrected chi connectivity index (χ3v) is 4.16. The fraction of sp³-hybridized carbons (Fsp3) is 0.786. The fourth-order valence-electron chi connectivity index (χ4n) is 2.20. The molecule has 1 aliphatic heterocycles. The van der Waals surface area contributed by atoms with Crippen LogP contribution in [0, 0.1) is 0 Å². The molecule has 1 aliphatic rings. The van der Waals surface area contributed by atoms with E-state index >= 15 is 0 Å². The number of nitrogens with zero attached hydrogens (tertiary/aromatic N) is 1. The second-order valence-electron chi connectivity index (χ2n) is 5.34. The lowest BCUT2D eigenvalue weighted by Crippen LogP contribution is -2.32. The number of carbonyl (C=O) groups is 3. The highest BCUT2D eigenvalue weighted by Crippen LogP contribution is 2.23. The molecule has 0 aromatic heterocycles. The second kappa shape index (κ2) is 8.29. The number of hydrogen-bond donors (Lipinski definition) is 1. The van der Waals surface area contributed by atoms with E-state index in [4.69, 9.17) is 0 Å². The quantitative estimate of drug-likeness (QED) is 0.546. The number of rotatable bonds is 8. The summed E-state index contributed by atoms with van der Waals surface area (Å²) < 4.78 is 0. The third-order valence-electron chi connectivity index (χ3n) is 3.22. The van der Waals surface area contributed by atoms with Crippen LogP contribution in [0.5, 0.6) is 0 Å². The van der Waals surface area contributed by atoms with Gasteiger partial charge in [-0.1, -0.05) is 6.42 Å². The zero-order valence-corrected chi connectivity index (χ0v) is 13.3. The number of likely N-dealkylation sites (tertiary alicyclic amines) is 1. The Morgan fingerprint density at radius 1 is 1.35 bits per heavy atom. The highest BCUT2D eigenvalue weighted by Gasteiger charge is 2.37. The number of nitrogens with one attached hydrogen (secondary N) is 1. The number of carbonyl (C=O) groups excluding carboxylic acids is 3. The van der Waals surface area contributed by atoms with Gasteiger partial charge in [0.05, 0.1) is 5.25 Å². The molecule has 0 saturated carbocycles. The second-order valence-corrected chi connectivity index (χ2v) is 6.39. The molecule has 0 aromatic carbocycles. The summed E-state index contributed by atoms with van der Waals surface area (Å²) in [6.07, 6.45) is 5.11. The van der Waals surface area contributed by atoms with E-state index < -0.39 is 0 Å². The van der Waals surface area contributed by atoms with Crippen molar-refractivity contribution in [1.29, 1.82) is 0 Å². The van der Waals surface area contributed by atoms with Crippen LogP contribution < -0.4 is 5.32 Å². The van der Waals surface area contributed by atoms with Crippen LogP contribution in [0.1, 0.15) is 46.0 Å². The van der Waals surface area contributed by atoms with Crippen molar-refractivity contribution in [2.75, 3.05) is 12.8 Å². The van der Waals surface area contributed by atoms with E-state index in [0.717, 1.165) is 19.3 Å². The molecule has 114 valence electrons. The molecule has 0 spiro atoms. The Morgan fingerprint density at radius 2 is 2.05 bits per heavy atom. The Bertz CT molecular complexity index is 371. The highest BCUT2D eigenvalue weighted by molar-refractivity contribution is 8.00. The molecule has 3 amide bonds. The summed E-state index contributed by atoms with van der Waals surface area (Å²) in [6.45, 7) is 4.36. The Kier molecular flexibility index (Phi) is 7.05. The molecule has 5 nitrogen and oxygen atoms in total. The monoisotopic (exact) mass is 300 g/mol. The molecule has 1 N–H and O–H groups in total. The van der Waals surface area contributed by atoms with Crippen LogP contribution in [0.15, 0.2) is 0 Å². The molecular weight excluding hydrogens is 276 g/mol. The molecule has 1 atom stereocenters. The van der Waals surface area contributed by atoms with Crippen LogP contribution in [0.4, 0.5) is 0 Å². The lowest BCUT2D eigenvalue weighted by Gasteiger charge is -2.14. The van der Waals surface area contributed by atoms with E-state index in [0.29, 0.717) is 19.4 Å². The topological polar surface area (TPSA) is 66.5 Å². The molecule has 6 heteroatoms. The summed E-state index contributed by atoms with van der Waals surface area (Å²) >= 11 is 1.44. The number of thioether (sulfide) groups is 1. The maximum absolute atomic E-state index is 11.9. The van der Waals surface area contributed by atoms with Crippen molar-refractivity contribution in [3.63, 3.8) is 0 Å². The van der Waals surface area contributed by atoms with E-state index in [-0.39, 0.29) is 29.0 Å². The van der Waals surface area contributed by atoms with Crippen LogP contribution >= 0.6 is 11.8 Å². The van der Waals surface area contributed by atoms with Crippen LogP contribution in [0.3, 0.4) is 0 Å². The molecule has 1 saturated heterocycles. The molecule has 0 aromatic rings. The van der Waals surface area contributed by atoms with Crippen molar-refractivity contribution in [2.45, 2.75) is 57.2 Å². The molecule has 20 heavy (non-hydrogen) atoms. The molecule has 1 fully saturated rings. The number of amides is 3. The fourth-order valence-corrected chi connectivity index (χ4v) is 2.84. The van der Waals surface area contributed by atoms with Crippen LogP contribution in [0.2, 0.25) is 0 Å². The van der Waals surface area contributed by atoms with E-state index in [2.05, 4.69) is 5.32 Å². The van der Waals surface area contributed by atoms with Gasteiger partial charge in [0.2, 0.25) is 17.7 Å². The minimum absolute atomic E-state index is 0.0555. The van der Waals surface area contributed by atoms with Crippen LogP contribution in [-0.2, 0) is 14.4 Å². The first-order valence-corrected chi connectivity index (χ1v) is 8.41. The van der Waals surface area contributed by atoms with Gasteiger partial charge in [-0.2, -0.15) is 11.8 Å². The summed E-state index contributed by atoms with van der Waals surface area (Å²) in [5, 5.41) is 2.65. The number of imide groups is 1. The smallest absolute Gasteiger partial charge is 0.242 e. The van der Waals surface area contributed by atoms with Crippen molar-refractivity contribution in [3.05, 3.63) is 0 Å². The van der Waals surface area contributed by atoms with Crippen molar-refractivity contribution in [2.24, 2.45) is 0 Å². The lowest BCUT2D eigenvalue weighted by atomic mass is 10.1. The minimum Gasteiger partial charge on any atom is -0.354 e. The molecular formula is C14H24N2O3S. The van der Waals surface area contributed by atoms with Crippen molar-refractivity contribution in [3.8, 4) is 0 Å². The molecule has 0 aliphatic carbocycles. The highest BCUT2D eigenvalue weighted by atomic mass is 32.2. The van der Waals surface area contributed by atoms with Gasteiger partial charge in [0.15, 0.2) is 0 Å². The van der Waals surface area contributed by atoms with E-state index in [1.54, 1.807) is 0 Å². The van der Waals surface area contributed by atoms with Gasteiger partial charge >= 0.3 is 0 Å². The van der Waals surface area contributed by atoms with Gasteiger partial charge in [0, 0.05) is 25.4 Å². The normalized spacial score (nSPS) is 19.0. The summed E-state index contributed by atoms with van der Waals surface area (Å²) in [6, 6.07) is 0.172. The predicted octanol–water partition coefficient (Wildman–Crippen LogP) is 1.56. The Hall–Kier alpha value is -1.04. The van der Waals surface area contributed by atoms with Gasteiger partial charge in [-0.15, -0.1) is 0 Å². The van der Waals surface area contributed by atoms with Gasteiger partial charge in [-0.05, 0) is 32.9 Å². The first kappa shape index (κ1) is 17.0. The Morgan fingerprint density at radius 3 is 2.60 bits per heavy atom. The predicted molar refractivity (Wildman–Crippen MR) is 80.4 cm³/mol. The van der Waals surface area contributed by atoms with Crippen LogP contribution in [0.25, 0.3) is 0 Å². The zero-order chi connectivity index (χ0) is 15.1.